The Bertz CT molecular complexity index is 657. The van der Waals surface area contributed by atoms with Crippen molar-refractivity contribution in [3.05, 3.63) is 66.4 Å². The van der Waals surface area contributed by atoms with Gasteiger partial charge in [0, 0.05) is 17.1 Å². The summed E-state index contributed by atoms with van der Waals surface area (Å²) in [5, 5.41) is 2.48. The van der Waals surface area contributed by atoms with E-state index in [4.69, 9.17) is 0 Å². The standard InChI is InChI=1S/C16H13N/c1-12-6-5-9-14-10-16(17-11-15(12)14)13-7-3-2-4-8-13/h2-11H,1H3. The maximum absolute atomic E-state index is 4.54. The highest BCUT2D eigenvalue weighted by atomic mass is 14.7. The predicted molar refractivity (Wildman–Crippen MR) is 71.9 cm³/mol. The molecule has 0 aliphatic heterocycles. The normalized spacial score (nSPS) is 10.6. The van der Waals surface area contributed by atoms with Gasteiger partial charge in [0.25, 0.3) is 0 Å². The Morgan fingerprint density at radius 1 is 0.882 bits per heavy atom. The molecule has 0 fully saturated rings. The minimum Gasteiger partial charge on any atom is -0.256 e. The van der Waals surface area contributed by atoms with E-state index in [9.17, 15) is 0 Å². The van der Waals surface area contributed by atoms with Crippen LogP contribution < -0.4 is 0 Å². The Hall–Kier alpha value is -2.15. The van der Waals surface area contributed by atoms with E-state index >= 15 is 0 Å². The fourth-order valence-corrected chi connectivity index (χ4v) is 2.09. The molecule has 0 unspecified atom stereocenters. The van der Waals surface area contributed by atoms with Gasteiger partial charge >= 0.3 is 0 Å². The van der Waals surface area contributed by atoms with E-state index in [0.717, 1.165) is 11.3 Å². The maximum atomic E-state index is 4.54. The highest BCUT2D eigenvalue weighted by Crippen LogP contribution is 2.23. The van der Waals surface area contributed by atoms with Crippen molar-refractivity contribution in [1.82, 2.24) is 4.98 Å². The molecule has 0 aliphatic carbocycles. The van der Waals surface area contributed by atoms with Crippen LogP contribution in [0.2, 0.25) is 0 Å². The fourth-order valence-electron chi connectivity index (χ4n) is 2.09. The van der Waals surface area contributed by atoms with E-state index in [1.807, 2.05) is 24.4 Å². The van der Waals surface area contributed by atoms with Crippen LogP contribution in [0.25, 0.3) is 22.0 Å². The van der Waals surface area contributed by atoms with Crippen molar-refractivity contribution in [1.29, 1.82) is 0 Å². The third kappa shape index (κ3) is 1.80. The predicted octanol–water partition coefficient (Wildman–Crippen LogP) is 4.21. The van der Waals surface area contributed by atoms with Gasteiger partial charge in [-0.25, -0.2) is 0 Å². The minimum absolute atomic E-state index is 1.03. The number of aryl methyl sites for hydroxylation is 1. The molecule has 2 aromatic carbocycles. The third-order valence-corrected chi connectivity index (χ3v) is 3.05. The first-order chi connectivity index (χ1) is 8.34. The number of fused-ring (bicyclic) bond motifs is 1. The summed E-state index contributed by atoms with van der Waals surface area (Å²) >= 11 is 0. The molecule has 3 rings (SSSR count). The van der Waals surface area contributed by atoms with Crippen LogP contribution in [-0.2, 0) is 0 Å². The molecule has 0 radical (unpaired) electrons. The van der Waals surface area contributed by atoms with Crippen LogP contribution in [0.4, 0.5) is 0 Å². The van der Waals surface area contributed by atoms with Crippen LogP contribution in [0.3, 0.4) is 0 Å². The van der Waals surface area contributed by atoms with Crippen LogP contribution in [-0.4, -0.2) is 4.98 Å². The van der Waals surface area contributed by atoms with Gasteiger partial charge in [-0.15, -0.1) is 0 Å². The first kappa shape index (κ1) is 10.0. The number of hydrogen-bond donors (Lipinski definition) is 0. The second kappa shape index (κ2) is 4.02. The maximum Gasteiger partial charge on any atom is 0.0708 e. The van der Waals surface area contributed by atoms with Gasteiger partial charge in [-0.3, -0.25) is 4.98 Å². The Labute approximate surface area is 101 Å². The second-order valence-corrected chi connectivity index (χ2v) is 4.23. The topological polar surface area (TPSA) is 12.9 Å². The average Bonchev–Trinajstić information content (AvgIpc) is 2.40. The molecule has 3 aromatic rings. The zero-order valence-electron chi connectivity index (χ0n) is 9.72. The van der Waals surface area contributed by atoms with E-state index in [0.29, 0.717) is 0 Å². The molecule has 0 spiro atoms. The zero-order chi connectivity index (χ0) is 11.7. The summed E-state index contributed by atoms with van der Waals surface area (Å²) in [4.78, 5) is 4.54. The van der Waals surface area contributed by atoms with Crippen molar-refractivity contribution in [2.24, 2.45) is 0 Å². The van der Waals surface area contributed by atoms with Crippen LogP contribution in [0.5, 0.6) is 0 Å². The molecule has 0 bridgehead atoms. The molecule has 1 heteroatoms. The van der Waals surface area contributed by atoms with E-state index in [2.05, 4.69) is 48.3 Å². The van der Waals surface area contributed by atoms with E-state index in [1.165, 1.54) is 16.3 Å². The molecular weight excluding hydrogens is 206 g/mol. The van der Waals surface area contributed by atoms with Gasteiger partial charge < -0.3 is 0 Å². The third-order valence-electron chi connectivity index (χ3n) is 3.05. The number of benzene rings is 2. The van der Waals surface area contributed by atoms with Gasteiger partial charge in [0.1, 0.15) is 0 Å². The zero-order valence-corrected chi connectivity index (χ0v) is 9.72. The van der Waals surface area contributed by atoms with Crippen molar-refractivity contribution in [3.63, 3.8) is 0 Å². The van der Waals surface area contributed by atoms with E-state index < -0.39 is 0 Å². The first-order valence-electron chi connectivity index (χ1n) is 5.75. The van der Waals surface area contributed by atoms with Gasteiger partial charge in [-0.05, 0) is 23.9 Å². The summed E-state index contributed by atoms with van der Waals surface area (Å²) in [5.41, 5.74) is 3.47. The summed E-state index contributed by atoms with van der Waals surface area (Å²) in [7, 11) is 0. The molecule has 0 N–H and O–H groups in total. The molecule has 82 valence electrons. The number of pyridine rings is 1. The summed E-state index contributed by atoms with van der Waals surface area (Å²) in [6.45, 7) is 2.12. The van der Waals surface area contributed by atoms with Crippen molar-refractivity contribution >= 4 is 10.8 Å². The lowest BCUT2D eigenvalue weighted by atomic mass is 10.0. The second-order valence-electron chi connectivity index (χ2n) is 4.23. The smallest absolute Gasteiger partial charge is 0.0708 e. The van der Waals surface area contributed by atoms with Crippen molar-refractivity contribution in [2.75, 3.05) is 0 Å². The molecule has 17 heavy (non-hydrogen) atoms. The van der Waals surface area contributed by atoms with Gasteiger partial charge in [0.2, 0.25) is 0 Å². The molecule has 0 atom stereocenters. The first-order valence-corrected chi connectivity index (χ1v) is 5.75. The Morgan fingerprint density at radius 2 is 1.71 bits per heavy atom. The molecule has 1 aromatic heterocycles. The monoisotopic (exact) mass is 219 g/mol. The number of nitrogens with zero attached hydrogens (tertiary/aromatic N) is 1. The lowest BCUT2D eigenvalue weighted by Crippen LogP contribution is -1.85. The largest absolute Gasteiger partial charge is 0.256 e. The summed E-state index contributed by atoms with van der Waals surface area (Å²) in [5.74, 6) is 0. The van der Waals surface area contributed by atoms with E-state index in [1.54, 1.807) is 0 Å². The van der Waals surface area contributed by atoms with Crippen molar-refractivity contribution < 1.29 is 0 Å². The quantitative estimate of drug-likeness (QED) is 0.597. The molecular formula is C16H13N. The van der Waals surface area contributed by atoms with Gasteiger partial charge in [0.15, 0.2) is 0 Å². The number of hydrogen-bond acceptors (Lipinski definition) is 1. The molecule has 1 nitrogen and oxygen atoms in total. The van der Waals surface area contributed by atoms with Crippen molar-refractivity contribution in [3.8, 4) is 11.3 Å². The summed E-state index contributed by atoms with van der Waals surface area (Å²) in [6.07, 6.45) is 1.97. The molecule has 0 amide bonds. The van der Waals surface area contributed by atoms with Crippen LogP contribution in [0.15, 0.2) is 60.8 Å². The molecule has 1 heterocycles. The highest BCUT2D eigenvalue weighted by Gasteiger charge is 2.01. The van der Waals surface area contributed by atoms with Gasteiger partial charge in [-0.2, -0.15) is 0 Å². The van der Waals surface area contributed by atoms with Crippen LogP contribution in [0, 0.1) is 6.92 Å². The van der Waals surface area contributed by atoms with Gasteiger partial charge in [0.05, 0.1) is 5.69 Å². The number of aromatic nitrogens is 1. The Balaban J connectivity index is 2.21. The Kier molecular flexibility index (Phi) is 2.37. The highest BCUT2D eigenvalue weighted by molar-refractivity contribution is 5.87. The number of rotatable bonds is 1. The van der Waals surface area contributed by atoms with E-state index in [-0.39, 0.29) is 0 Å². The minimum atomic E-state index is 1.03. The molecule has 0 saturated carbocycles. The lowest BCUT2D eigenvalue weighted by molar-refractivity contribution is 1.34. The Morgan fingerprint density at radius 3 is 2.53 bits per heavy atom. The lowest BCUT2D eigenvalue weighted by Gasteiger charge is -2.04. The molecule has 0 saturated heterocycles. The van der Waals surface area contributed by atoms with Gasteiger partial charge in [-0.1, -0.05) is 48.5 Å². The molecule has 0 aliphatic rings. The van der Waals surface area contributed by atoms with Crippen LogP contribution in [0.1, 0.15) is 5.56 Å². The summed E-state index contributed by atoms with van der Waals surface area (Å²) < 4.78 is 0. The SMILES string of the molecule is Cc1cccc2cc(-c3ccccc3)ncc12. The fraction of sp³-hybridized carbons (Fsp3) is 0.0625. The van der Waals surface area contributed by atoms with Crippen LogP contribution >= 0.6 is 0 Å². The summed E-state index contributed by atoms with van der Waals surface area (Å²) in [6, 6.07) is 18.8. The van der Waals surface area contributed by atoms with Crippen molar-refractivity contribution in [2.45, 2.75) is 6.92 Å². The average molecular weight is 219 g/mol.